The van der Waals surface area contributed by atoms with E-state index in [0.717, 1.165) is 66.3 Å². The molecule has 9 nitrogen and oxygen atoms in total. The largest absolute Gasteiger partial charge is 0.481 e. The van der Waals surface area contributed by atoms with E-state index in [1.165, 1.54) is 5.56 Å². The van der Waals surface area contributed by atoms with Crippen LogP contribution in [0.15, 0.2) is 67.5 Å². The first-order valence-electron chi connectivity index (χ1n) is 12.2. The molecule has 1 fully saturated rings. The maximum Gasteiger partial charge on any atom is 0.212 e. The van der Waals surface area contributed by atoms with Gasteiger partial charge in [-0.1, -0.05) is 17.7 Å². The van der Waals surface area contributed by atoms with Crippen molar-refractivity contribution < 1.29 is 4.74 Å². The summed E-state index contributed by atoms with van der Waals surface area (Å²) in [6, 6.07) is 10.3. The summed E-state index contributed by atoms with van der Waals surface area (Å²) in [5, 5.41) is 9.37. The van der Waals surface area contributed by atoms with E-state index in [4.69, 9.17) is 21.3 Å². The number of hydrogen-bond acceptors (Lipinski definition) is 7. The molecule has 188 valence electrons. The van der Waals surface area contributed by atoms with Crippen LogP contribution in [0.1, 0.15) is 5.56 Å². The fourth-order valence-corrected chi connectivity index (χ4v) is 5.02. The van der Waals surface area contributed by atoms with Crippen LogP contribution in [0.4, 0.5) is 5.82 Å². The van der Waals surface area contributed by atoms with Gasteiger partial charge in [-0.15, -0.1) is 0 Å². The van der Waals surface area contributed by atoms with E-state index in [0.29, 0.717) is 10.9 Å². The molecule has 1 aliphatic heterocycles. The summed E-state index contributed by atoms with van der Waals surface area (Å²) in [6.07, 6.45) is 11.3. The molecule has 0 spiro atoms. The molecule has 5 aromatic heterocycles. The maximum absolute atomic E-state index is 6.53. The lowest BCUT2D eigenvalue weighted by Gasteiger charge is -2.35. The molecule has 0 bridgehead atoms. The van der Waals surface area contributed by atoms with Gasteiger partial charge < -0.3 is 9.64 Å². The Bertz CT molecular complexity index is 1520. The van der Waals surface area contributed by atoms with Crippen LogP contribution in [-0.4, -0.2) is 67.6 Å². The molecule has 1 saturated heterocycles. The summed E-state index contributed by atoms with van der Waals surface area (Å²) in [6.45, 7) is 4.66. The van der Waals surface area contributed by atoms with Gasteiger partial charge in [0.25, 0.3) is 0 Å². The molecule has 0 atom stereocenters. The number of methoxy groups -OCH3 is 1. The van der Waals surface area contributed by atoms with Gasteiger partial charge in [0.1, 0.15) is 5.82 Å². The van der Waals surface area contributed by atoms with E-state index in [1.807, 2.05) is 48.6 Å². The summed E-state index contributed by atoms with van der Waals surface area (Å²) < 4.78 is 8.77. The molecule has 10 heteroatoms. The smallest absolute Gasteiger partial charge is 0.212 e. The van der Waals surface area contributed by atoms with Crippen LogP contribution >= 0.6 is 11.6 Å². The van der Waals surface area contributed by atoms with Crippen LogP contribution < -0.4 is 9.64 Å². The molecule has 0 amide bonds. The minimum absolute atomic E-state index is 0.611. The monoisotopic (exact) mass is 514 g/mol. The van der Waals surface area contributed by atoms with E-state index in [9.17, 15) is 0 Å². The Hall–Kier alpha value is -3.95. The highest BCUT2D eigenvalue weighted by molar-refractivity contribution is 6.34. The summed E-state index contributed by atoms with van der Waals surface area (Å²) in [4.78, 5) is 13.9. The van der Waals surface area contributed by atoms with Gasteiger partial charge in [0.15, 0.2) is 0 Å². The molecular weight excluding hydrogens is 488 g/mol. The summed E-state index contributed by atoms with van der Waals surface area (Å²) in [5.41, 5.74) is 6.07. The Kier molecular flexibility index (Phi) is 6.23. The van der Waals surface area contributed by atoms with Crippen LogP contribution in [0.25, 0.3) is 27.8 Å². The Labute approximate surface area is 219 Å². The third-order valence-electron chi connectivity index (χ3n) is 6.77. The van der Waals surface area contributed by atoms with Gasteiger partial charge >= 0.3 is 0 Å². The number of hydrogen-bond donors (Lipinski definition) is 0. The summed E-state index contributed by atoms with van der Waals surface area (Å²) >= 11 is 6.53. The number of piperazine rings is 1. The molecule has 0 aromatic carbocycles. The molecule has 0 radical (unpaired) electrons. The molecule has 0 aliphatic carbocycles. The van der Waals surface area contributed by atoms with Gasteiger partial charge in [-0.3, -0.25) is 9.58 Å². The second kappa shape index (κ2) is 9.84. The van der Waals surface area contributed by atoms with E-state index in [-0.39, 0.29) is 0 Å². The first-order valence-corrected chi connectivity index (χ1v) is 12.5. The Morgan fingerprint density at radius 3 is 2.41 bits per heavy atom. The van der Waals surface area contributed by atoms with Crippen molar-refractivity contribution in [1.82, 2.24) is 34.3 Å². The first-order chi connectivity index (χ1) is 18.1. The fourth-order valence-electron chi connectivity index (χ4n) is 4.78. The number of aryl methyl sites for hydroxylation is 1. The second-order valence-electron chi connectivity index (χ2n) is 9.21. The zero-order valence-corrected chi connectivity index (χ0v) is 21.5. The third kappa shape index (κ3) is 4.75. The van der Waals surface area contributed by atoms with Crippen molar-refractivity contribution in [1.29, 1.82) is 0 Å². The first kappa shape index (κ1) is 23.4. The van der Waals surface area contributed by atoms with Crippen molar-refractivity contribution >= 4 is 22.9 Å². The Balaban J connectivity index is 1.19. The van der Waals surface area contributed by atoms with Crippen molar-refractivity contribution in [3.8, 4) is 28.1 Å². The van der Waals surface area contributed by atoms with Crippen LogP contribution in [-0.2, 0) is 13.6 Å². The number of nitrogens with zero attached hydrogens (tertiary/aromatic N) is 8. The lowest BCUT2D eigenvalue weighted by atomic mass is 10.0. The van der Waals surface area contributed by atoms with Crippen LogP contribution in [0.3, 0.4) is 0 Å². The van der Waals surface area contributed by atoms with Crippen molar-refractivity contribution in [2.45, 2.75) is 6.54 Å². The van der Waals surface area contributed by atoms with Crippen molar-refractivity contribution in [3.63, 3.8) is 0 Å². The van der Waals surface area contributed by atoms with Gasteiger partial charge in [0, 0.05) is 92.9 Å². The second-order valence-corrected chi connectivity index (χ2v) is 9.62. The van der Waals surface area contributed by atoms with E-state index in [1.54, 1.807) is 18.0 Å². The fraction of sp³-hybridized carbons (Fsp3) is 0.259. The van der Waals surface area contributed by atoms with Crippen molar-refractivity contribution in [2.24, 2.45) is 7.05 Å². The number of aromatic nitrogens is 6. The van der Waals surface area contributed by atoms with Gasteiger partial charge in [-0.05, 0) is 23.8 Å². The van der Waals surface area contributed by atoms with E-state index < -0.39 is 0 Å². The van der Waals surface area contributed by atoms with E-state index in [2.05, 4.69) is 49.2 Å². The van der Waals surface area contributed by atoms with E-state index >= 15 is 0 Å². The minimum atomic E-state index is 0.611. The predicted molar refractivity (Wildman–Crippen MR) is 144 cm³/mol. The highest BCUT2D eigenvalue weighted by atomic mass is 35.5. The predicted octanol–water partition coefficient (Wildman–Crippen LogP) is 4.18. The molecule has 0 unspecified atom stereocenters. The van der Waals surface area contributed by atoms with Gasteiger partial charge in [0.05, 0.1) is 30.0 Å². The van der Waals surface area contributed by atoms with Gasteiger partial charge in [0.2, 0.25) is 5.88 Å². The highest BCUT2D eigenvalue weighted by Gasteiger charge is 2.19. The Morgan fingerprint density at radius 2 is 1.73 bits per heavy atom. The SMILES string of the molecule is COc1ccc(CN2CCN(c3ccc(-c4cc(-c5cnn(C)c5)cn5ncc(Cl)c45)cn3)CC2)cn1. The average molecular weight is 515 g/mol. The van der Waals surface area contributed by atoms with Gasteiger partial charge in [-0.2, -0.15) is 10.2 Å². The minimum Gasteiger partial charge on any atom is -0.481 e. The quantitative estimate of drug-likeness (QED) is 0.336. The molecule has 6 rings (SSSR count). The molecule has 0 saturated carbocycles. The highest BCUT2D eigenvalue weighted by Crippen LogP contribution is 2.34. The van der Waals surface area contributed by atoms with Crippen LogP contribution in [0, 0.1) is 0 Å². The van der Waals surface area contributed by atoms with Crippen LogP contribution in [0.2, 0.25) is 5.02 Å². The number of pyridine rings is 3. The lowest BCUT2D eigenvalue weighted by Crippen LogP contribution is -2.46. The zero-order valence-electron chi connectivity index (χ0n) is 20.8. The van der Waals surface area contributed by atoms with Crippen LogP contribution in [0.5, 0.6) is 5.88 Å². The third-order valence-corrected chi connectivity index (χ3v) is 7.05. The number of halogens is 1. The molecule has 37 heavy (non-hydrogen) atoms. The molecule has 1 aliphatic rings. The Morgan fingerprint density at radius 1 is 0.865 bits per heavy atom. The van der Waals surface area contributed by atoms with Crippen molar-refractivity contribution in [2.75, 3.05) is 38.2 Å². The number of rotatable bonds is 6. The topological polar surface area (TPSA) is 76.6 Å². The molecule has 6 heterocycles. The molecule has 5 aromatic rings. The maximum atomic E-state index is 6.53. The number of fused-ring (bicyclic) bond motifs is 1. The molecular formula is C27H27ClN8O. The normalized spacial score (nSPS) is 14.4. The number of ether oxygens (including phenoxy) is 1. The van der Waals surface area contributed by atoms with Crippen molar-refractivity contribution in [3.05, 3.63) is 78.1 Å². The molecule has 0 N–H and O–H groups in total. The zero-order chi connectivity index (χ0) is 25.4. The standard InChI is InChI=1S/C27H27ClN8O/c1-33-17-22(14-31-33)21-11-23(27-24(28)15-32-36(27)18-21)20-4-5-25(29-13-20)35-9-7-34(8-10-35)16-19-3-6-26(37-2)30-12-19/h3-6,11-15,17-18H,7-10,16H2,1-2H3. The summed E-state index contributed by atoms with van der Waals surface area (Å²) in [7, 11) is 3.54. The van der Waals surface area contributed by atoms with Gasteiger partial charge in [-0.25, -0.2) is 14.5 Å². The average Bonchev–Trinajstić information content (AvgIpc) is 3.54. The summed E-state index contributed by atoms with van der Waals surface area (Å²) in [5.74, 6) is 1.62. The number of anilines is 1. The lowest BCUT2D eigenvalue weighted by molar-refractivity contribution is 0.249.